The van der Waals surface area contributed by atoms with Crippen LogP contribution in [0, 0.1) is 32.1 Å². The Bertz CT molecular complexity index is 1880. The summed E-state index contributed by atoms with van der Waals surface area (Å²) in [5.74, 6) is 0.343. The first-order valence-electron chi connectivity index (χ1n) is 12.2. The normalized spacial score (nSPS) is 18.5. The second kappa shape index (κ2) is 9.84. The van der Waals surface area contributed by atoms with Gasteiger partial charge in [0.1, 0.15) is 35.8 Å². The molecule has 15 heteroatoms. The van der Waals surface area contributed by atoms with E-state index in [2.05, 4.69) is 79.9 Å². The van der Waals surface area contributed by atoms with Crippen LogP contribution < -0.4 is 10.2 Å². The average Bonchev–Trinajstić information content (AvgIpc) is 3.72. The highest BCUT2D eigenvalue weighted by Crippen LogP contribution is 2.68. The number of aryl methyl sites for hydroxylation is 3. The summed E-state index contributed by atoms with van der Waals surface area (Å²) in [7, 11) is -1.73. The molecule has 0 bridgehead atoms. The van der Waals surface area contributed by atoms with Gasteiger partial charge in [0.2, 0.25) is 16.9 Å². The Morgan fingerprint density at radius 2 is 2.05 bits per heavy atom. The molecule has 0 saturated heterocycles. The number of benzene rings is 1. The van der Waals surface area contributed by atoms with E-state index in [-0.39, 0.29) is 17.2 Å². The standard InChI is InChI=1S/C26H22N12OS2/c1-6-20(39)33-24-21(34-35-23-17(10-27)11-37(36-23)25-28-12-30-40-25)15(3)9-19(32-24)38-22-16(4)7-14(2)8-18(22)41(5)26(38)29-13-31-41/h6-9,11-13H,1H2,2-5H3,(H,32,33,39). The van der Waals surface area contributed by atoms with Gasteiger partial charge in [0, 0.05) is 16.4 Å². The van der Waals surface area contributed by atoms with Crippen molar-refractivity contribution in [3.63, 3.8) is 0 Å². The van der Waals surface area contributed by atoms with E-state index in [4.69, 9.17) is 9.38 Å². The van der Waals surface area contributed by atoms with Crippen molar-refractivity contribution < 1.29 is 4.79 Å². The Balaban J connectivity index is 1.47. The molecule has 1 atom stereocenters. The zero-order valence-electron chi connectivity index (χ0n) is 22.4. The average molecular weight is 583 g/mol. The van der Waals surface area contributed by atoms with Crippen LogP contribution in [0.3, 0.4) is 0 Å². The number of amides is 1. The second-order valence-corrected chi connectivity index (χ2v) is 12.8. The molecule has 1 N–H and O–H groups in total. The summed E-state index contributed by atoms with van der Waals surface area (Å²) in [5, 5.41) is 26.6. The zero-order chi connectivity index (χ0) is 28.9. The molecular formula is C26H22N12OS2. The molecule has 4 aromatic rings. The van der Waals surface area contributed by atoms with Gasteiger partial charge in [0.15, 0.2) is 11.0 Å². The fraction of sp³-hybridized carbons (Fsp3) is 0.154. The number of hydrogen-bond acceptors (Lipinski definition) is 12. The Morgan fingerprint density at radius 1 is 1.22 bits per heavy atom. The van der Waals surface area contributed by atoms with Crippen molar-refractivity contribution in [3.05, 3.63) is 65.6 Å². The second-order valence-electron chi connectivity index (χ2n) is 9.31. The van der Waals surface area contributed by atoms with Crippen LogP contribution in [0.4, 0.5) is 28.8 Å². The van der Waals surface area contributed by atoms with Gasteiger partial charge in [0.25, 0.3) is 0 Å². The summed E-state index contributed by atoms with van der Waals surface area (Å²) in [6.45, 7) is 9.51. The van der Waals surface area contributed by atoms with Crippen molar-refractivity contribution in [2.75, 3.05) is 16.5 Å². The predicted molar refractivity (Wildman–Crippen MR) is 159 cm³/mol. The number of pyridine rings is 1. The van der Waals surface area contributed by atoms with Gasteiger partial charge in [-0.25, -0.2) is 24.0 Å². The molecule has 13 nitrogen and oxygen atoms in total. The number of carbonyl (C=O) groups is 1. The number of nitriles is 1. The molecular weight excluding hydrogens is 561 g/mol. The van der Waals surface area contributed by atoms with Crippen molar-refractivity contribution >= 4 is 68.0 Å². The smallest absolute Gasteiger partial charge is 0.248 e. The molecule has 204 valence electrons. The van der Waals surface area contributed by atoms with E-state index in [1.54, 1.807) is 6.34 Å². The van der Waals surface area contributed by atoms with Gasteiger partial charge >= 0.3 is 0 Å². The summed E-state index contributed by atoms with van der Waals surface area (Å²) in [6.07, 6.45) is 7.76. The molecule has 41 heavy (non-hydrogen) atoms. The van der Waals surface area contributed by atoms with Crippen molar-refractivity contribution in [2.45, 2.75) is 25.7 Å². The van der Waals surface area contributed by atoms with Crippen LogP contribution in [0.1, 0.15) is 22.3 Å². The number of aliphatic imine (C=N–C) groups is 1. The molecule has 0 fully saturated rings. The minimum absolute atomic E-state index is 0.0865. The fourth-order valence-corrected chi connectivity index (χ4v) is 7.59. The third kappa shape index (κ3) is 4.29. The van der Waals surface area contributed by atoms with Crippen LogP contribution in [0.2, 0.25) is 0 Å². The molecule has 0 saturated carbocycles. The third-order valence-corrected chi connectivity index (χ3v) is 9.80. The number of fused-ring (bicyclic) bond motifs is 3. The lowest BCUT2D eigenvalue weighted by atomic mass is 10.1. The van der Waals surface area contributed by atoms with Gasteiger partial charge in [0.05, 0.1) is 11.9 Å². The molecule has 5 heterocycles. The van der Waals surface area contributed by atoms with Crippen LogP contribution >= 0.6 is 21.7 Å². The Labute approximate surface area is 240 Å². The third-order valence-electron chi connectivity index (χ3n) is 6.47. The summed E-state index contributed by atoms with van der Waals surface area (Å²) in [4.78, 5) is 29.1. The summed E-state index contributed by atoms with van der Waals surface area (Å²) >= 11 is 1.12. The van der Waals surface area contributed by atoms with Crippen LogP contribution in [0.15, 0.2) is 67.9 Å². The first-order chi connectivity index (χ1) is 19.7. The number of nitrogens with zero attached hydrogens (tertiary/aromatic N) is 11. The quantitative estimate of drug-likeness (QED) is 0.225. The Kier molecular flexibility index (Phi) is 6.28. The van der Waals surface area contributed by atoms with E-state index >= 15 is 0 Å². The van der Waals surface area contributed by atoms with E-state index in [0.717, 1.165) is 44.5 Å². The van der Waals surface area contributed by atoms with E-state index in [0.29, 0.717) is 22.2 Å². The van der Waals surface area contributed by atoms with Gasteiger partial charge in [-0.15, -0.1) is 15.3 Å². The highest BCUT2D eigenvalue weighted by atomic mass is 32.3. The van der Waals surface area contributed by atoms with Crippen LogP contribution in [0.5, 0.6) is 0 Å². The first-order valence-corrected chi connectivity index (χ1v) is 15.0. The van der Waals surface area contributed by atoms with Crippen molar-refractivity contribution in [1.82, 2.24) is 24.1 Å². The molecule has 1 unspecified atom stereocenters. The molecule has 0 radical (unpaired) electrons. The summed E-state index contributed by atoms with van der Waals surface area (Å²) in [5.41, 5.74) is 4.36. The zero-order valence-corrected chi connectivity index (χ0v) is 24.0. The molecule has 3 aromatic heterocycles. The summed E-state index contributed by atoms with van der Waals surface area (Å²) < 4.78 is 10.2. The predicted octanol–water partition coefficient (Wildman–Crippen LogP) is 5.71. The Hall–Kier alpha value is -5.07. The van der Waals surface area contributed by atoms with E-state index in [9.17, 15) is 10.1 Å². The number of anilines is 3. The van der Waals surface area contributed by atoms with E-state index < -0.39 is 16.1 Å². The van der Waals surface area contributed by atoms with Crippen molar-refractivity contribution in [3.8, 4) is 11.2 Å². The van der Waals surface area contributed by atoms with Gasteiger partial charge in [-0.1, -0.05) is 22.9 Å². The number of hydrogen-bond donors (Lipinski definition) is 1. The molecule has 2 aliphatic rings. The van der Waals surface area contributed by atoms with Gasteiger partial charge in [-0.3, -0.25) is 9.69 Å². The minimum Gasteiger partial charge on any atom is -0.305 e. The fourth-order valence-electron chi connectivity index (χ4n) is 4.65. The lowest BCUT2D eigenvalue weighted by Crippen LogP contribution is -2.24. The van der Waals surface area contributed by atoms with Crippen LogP contribution in [-0.2, 0) is 4.79 Å². The minimum atomic E-state index is -1.73. The van der Waals surface area contributed by atoms with E-state index in [1.165, 1.54) is 17.2 Å². The largest absolute Gasteiger partial charge is 0.305 e. The van der Waals surface area contributed by atoms with Crippen molar-refractivity contribution in [1.29, 1.82) is 5.26 Å². The Morgan fingerprint density at radius 3 is 2.78 bits per heavy atom. The molecule has 0 spiro atoms. The highest BCUT2D eigenvalue weighted by molar-refractivity contribution is 8.45. The maximum atomic E-state index is 12.4. The van der Waals surface area contributed by atoms with Gasteiger partial charge < -0.3 is 5.32 Å². The first kappa shape index (κ1) is 26.2. The van der Waals surface area contributed by atoms with Gasteiger partial charge in [-0.05, 0) is 61.9 Å². The molecule has 6 rings (SSSR count). The molecule has 0 aliphatic carbocycles. The lowest BCUT2D eigenvalue weighted by Gasteiger charge is -2.25. The highest BCUT2D eigenvalue weighted by Gasteiger charge is 2.45. The lowest BCUT2D eigenvalue weighted by molar-refractivity contribution is -0.111. The molecule has 1 amide bonds. The maximum absolute atomic E-state index is 12.4. The number of rotatable bonds is 6. The number of nitrogens with one attached hydrogen (secondary N) is 1. The monoisotopic (exact) mass is 582 g/mol. The van der Waals surface area contributed by atoms with Gasteiger partial charge in [-0.2, -0.15) is 9.64 Å². The number of azo groups is 1. The number of amidine groups is 1. The maximum Gasteiger partial charge on any atom is 0.248 e. The van der Waals surface area contributed by atoms with Crippen molar-refractivity contribution in [2.24, 2.45) is 19.6 Å². The van der Waals surface area contributed by atoms with E-state index in [1.807, 2.05) is 17.9 Å². The SMILES string of the molecule is C=CC(=O)Nc1nc(N2C3=NC=NS3(C)c3cc(C)cc(C)c32)cc(C)c1N=Nc1nn(-c2ncns2)cc1C#N. The molecule has 2 aliphatic heterocycles. The number of aromatic nitrogens is 5. The van der Waals surface area contributed by atoms with Crippen LogP contribution in [0.25, 0.3) is 5.13 Å². The number of carbonyl (C=O) groups excluding carboxylic acids is 1. The topological polar surface area (TPSA) is 162 Å². The molecule has 1 aromatic carbocycles. The summed E-state index contributed by atoms with van der Waals surface area (Å²) in [6, 6.07) is 8.19. The van der Waals surface area contributed by atoms with Crippen LogP contribution in [-0.4, -0.2) is 47.8 Å².